The van der Waals surface area contributed by atoms with Crippen LogP contribution in [-0.2, 0) is 12.3 Å². The Kier molecular flexibility index (Phi) is 2.26. The van der Waals surface area contributed by atoms with E-state index in [2.05, 4.69) is 9.97 Å². The van der Waals surface area contributed by atoms with Crippen molar-refractivity contribution in [2.24, 2.45) is 5.92 Å². The smallest absolute Gasteiger partial charge is 0.128 e. The number of nitrogens with zero attached hydrogens (tertiary/aromatic N) is 2. The average molecular weight is 183 g/mol. The van der Waals surface area contributed by atoms with Gasteiger partial charge >= 0.3 is 0 Å². The van der Waals surface area contributed by atoms with Crippen LogP contribution in [0.15, 0.2) is 12.3 Å². The molecule has 0 N–H and O–H groups in total. The Hall–Kier alpha value is -0.630. The van der Waals surface area contributed by atoms with Crippen LogP contribution in [0.25, 0.3) is 0 Å². The minimum absolute atomic E-state index is 0.486. The first-order chi connectivity index (χ1) is 5.88. The van der Waals surface area contributed by atoms with E-state index in [1.807, 2.05) is 6.07 Å². The first kappa shape index (κ1) is 7.99. The minimum Gasteiger partial charge on any atom is -0.241 e. The third-order valence-electron chi connectivity index (χ3n) is 2.07. The molecule has 1 aliphatic carbocycles. The number of hydrogen-bond acceptors (Lipinski definition) is 2. The normalized spacial score (nSPS) is 16.4. The van der Waals surface area contributed by atoms with E-state index >= 15 is 0 Å². The van der Waals surface area contributed by atoms with Gasteiger partial charge in [-0.05, 0) is 24.8 Å². The second-order valence-corrected chi connectivity index (χ2v) is 3.51. The molecule has 1 aromatic heterocycles. The lowest BCUT2D eigenvalue weighted by atomic mass is 10.3. The van der Waals surface area contributed by atoms with Crippen LogP contribution in [0.4, 0.5) is 0 Å². The summed E-state index contributed by atoms with van der Waals surface area (Å²) in [7, 11) is 0. The summed E-state index contributed by atoms with van der Waals surface area (Å²) < 4.78 is 0. The van der Waals surface area contributed by atoms with Crippen molar-refractivity contribution in [1.82, 2.24) is 9.97 Å². The lowest BCUT2D eigenvalue weighted by molar-refractivity contribution is 0.762. The summed E-state index contributed by atoms with van der Waals surface area (Å²) >= 11 is 5.66. The van der Waals surface area contributed by atoms with Gasteiger partial charge in [-0.25, -0.2) is 9.97 Å². The largest absolute Gasteiger partial charge is 0.241 e. The van der Waals surface area contributed by atoms with Gasteiger partial charge in [0.05, 0.1) is 11.6 Å². The Bertz CT molecular complexity index is 271. The van der Waals surface area contributed by atoms with Crippen LogP contribution in [-0.4, -0.2) is 9.97 Å². The molecule has 2 nitrogen and oxygen atoms in total. The quantitative estimate of drug-likeness (QED) is 0.670. The van der Waals surface area contributed by atoms with Crippen LogP contribution in [0.2, 0.25) is 0 Å². The third kappa shape index (κ3) is 1.95. The van der Waals surface area contributed by atoms with Crippen LogP contribution in [0.3, 0.4) is 0 Å². The van der Waals surface area contributed by atoms with Gasteiger partial charge in [0.15, 0.2) is 0 Å². The van der Waals surface area contributed by atoms with Crippen molar-refractivity contribution in [1.29, 1.82) is 0 Å². The molecule has 1 heterocycles. The SMILES string of the molecule is ClCc1ccnc(CC2CC2)n1. The standard InChI is InChI=1S/C9H11ClN2/c10-6-8-3-4-11-9(12-8)5-7-1-2-7/h3-4,7H,1-2,5-6H2. The van der Waals surface area contributed by atoms with Crippen LogP contribution in [0.5, 0.6) is 0 Å². The molecule has 2 rings (SSSR count). The topological polar surface area (TPSA) is 25.8 Å². The summed E-state index contributed by atoms with van der Waals surface area (Å²) in [5, 5.41) is 0. The van der Waals surface area contributed by atoms with Gasteiger partial charge in [0.1, 0.15) is 5.82 Å². The Morgan fingerprint density at radius 3 is 3.00 bits per heavy atom. The van der Waals surface area contributed by atoms with E-state index in [9.17, 15) is 0 Å². The summed E-state index contributed by atoms with van der Waals surface area (Å²) in [4.78, 5) is 8.53. The maximum atomic E-state index is 5.66. The van der Waals surface area contributed by atoms with Gasteiger partial charge < -0.3 is 0 Å². The second kappa shape index (κ2) is 3.40. The average Bonchev–Trinajstić information content (AvgIpc) is 2.89. The molecule has 0 bridgehead atoms. The summed E-state index contributed by atoms with van der Waals surface area (Å²) in [6.45, 7) is 0. The fourth-order valence-electron chi connectivity index (χ4n) is 1.19. The second-order valence-electron chi connectivity index (χ2n) is 3.25. The van der Waals surface area contributed by atoms with Crippen molar-refractivity contribution in [3.05, 3.63) is 23.8 Å². The van der Waals surface area contributed by atoms with E-state index in [1.54, 1.807) is 6.20 Å². The Morgan fingerprint density at radius 2 is 2.33 bits per heavy atom. The number of alkyl halides is 1. The zero-order valence-electron chi connectivity index (χ0n) is 6.83. The predicted octanol–water partition coefficient (Wildman–Crippen LogP) is 2.17. The molecule has 0 unspecified atom stereocenters. The molecule has 3 heteroatoms. The van der Waals surface area contributed by atoms with Crippen LogP contribution >= 0.6 is 11.6 Å². The number of hydrogen-bond donors (Lipinski definition) is 0. The highest BCUT2D eigenvalue weighted by atomic mass is 35.5. The van der Waals surface area contributed by atoms with E-state index in [0.29, 0.717) is 5.88 Å². The number of aromatic nitrogens is 2. The lowest BCUT2D eigenvalue weighted by Crippen LogP contribution is -1.98. The maximum absolute atomic E-state index is 5.66. The molecule has 0 radical (unpaired) electrons. The van der Waals surface area contributed by atoms with Crippen molar-refractivity contribution in [3.63, 3.8) is 0 Å². The number of halogens is 1. The van der Waals surface area contributed by atoms with E-state index in [0.717, 1.165) is 23.9 Å². The molecule has 0 spiro atoms. The third-order valence-corrected chi connectivity index (χ3v) is 2.34. The van der Waals surface area contributed by atoms with E-state index < -0.39 is 0 Å². The van der Waals surface area contributed by atoms with Crippen molar-refractivity contribution < 1.29 is 0 Å². The molecule has 1 aromatic rings. The summed E-state index contributed by atoms with van der Waals surface area (Å²) in [5.41, 5.74) is 0.933. The van der Waals surface area contributed by atoms with Gasteiger partial charge in [0.2, 0.25) is 0 Å². The molecule has 0 aliphatic heterocycles. The first-order valence-electron chi connectivity index (χ1n) is 4.25. The summed E-state index contributed by atoms with van der Waals surface area (Å²) in [5.74, 6) is 2.28. The van der Waals surface area contributed by atoms with Gasteiger partial charge in [-0.1, -0.05) is 0 Å². The first-order valence-corrected chi connectivity index (χ1v) is 4.78. The lowest BCUT2D eigenvalue weighted by Gasteiger charge is -1.98. The molecule has 0 aromatic carbocycles. The van der Waals surface area contributed by atoms with Gasteiger partial charge in [0, 0.05) is 12.6 Å². The van der Waals surface area contributed by atoms with Crippen molar-refractivity contribution in [3.8, 4) is 0 Å². The molecule has 64 valence electrons. The fourth-order valence-corrected chi connectivity index (χ4v) is 1.34. The van der Waals surface area contributed by atoms with E-state index in [4.69, 9.17) is 11.6 Å². The van der Waals surface area contributed by atoms with E-state index in [-0.39, 0.29) is 0 Å². The number of rotatable bonds is 3. The monoisotopic (exact) mass is 182 g/mol. The zero-order valence-corrected chi connectivity index (χ0v) is 7.59. The Labute approximate surface area is 77.0 Å². The molecule has 0 saturated heterocycles. The van der Waals surface area contributed by atoms with Crippen LogP contribution < -0.4 is 0 Å². The highest BCUT2D eigenvalue weighted by Crippen LogP contribution is 2.31. The zero-order chi connectivity index (χ0) is 8.39. The van der Waals surface area contributed by atoms with Gasteiger partial charge in [-0.15, -0.1) is 11.6 Å². The molecule has 1 aliphatic rings. The molecular weight excluding hydrogens is 172 g/mol. The highest BCUT2D eigenvalue weighted by Gasteiger charge is 2.22. The van der Waals surface area contributed by atoms with Gasteiger partial charge in [0.25, 0.3) is 0 Å². The molecule has 1 fully saturated rings. The molecule has 12 heavy (non-hydrogen) atoms. The van der Waals surface area contributed by atoms with Gasteiger partial charge in [-0.3, -0.25) is 0 Å². The van der Waals surface area contributed by atoms with E-state index in [1.165, 1.54) is 12.8 Å². The van der Waals surface area contributed by atoms with Crippen LogP contribution in [0.1, 0.15) is 24.4 Å². The van der Waals surface area contributed by atoms with Crippen molar-refractivity contribution >= 4 is 11.6 Å². The molecule has 0 amide bonds. The minimum atomic E-state index is 0.486. The fraction of sp³-hybridized carbons (Fsp3) is 0.556. The van der Waals surface area contributed by atoms with Crippen molar-refractivity contribution in [2.45, 2.75) is 25.1 Å². The Morgan fingerprint density at radius 1 is 1.50 bits per heavy atom. The van der Waals surface area contributed by atoms with Gasteiger partial charge in [-0.2, -0.15) is 0 Å². The highest BCUT2D eigenvalue weighted by molar-refractivity contribution is 6.16. The summed E-state index contributed by atoms with van der Waals surface area (Å²) in [6.07, 6.45) is 5.51. The predicted molar refractivity (Wildman–Crippen MR) is 48.0 cm³/mol. The van der Waals surface area contributed by atoms with Crippen LogP contribution in [0, 0.1) is 5.92 Å². The molecular formula is C9H11ClN2. The van der Waals surface area contributed by atoms with Crippen molar-refractivity contribution in [2.75, 3.05) is 0 Å². The maximum Gasteiger partial charge on any atom is 0.128 e. The summed E-state index contributed by atoms with van der Waals surface area (Å²) in [6, 6.07) is 1.86. The molecule has 1 saturated carbocycles. The Balaban J connectivity index is 2.08. The molecule has 0 atom stereocenters.